The van der Waals surface area contributed by atoms with E-state index in [4.69, 9.17) is 4.42 Å². The molecule has 1 aromatic rings. The molecule has 0 aliphatic heterocycles. The van der Waals surface area contributed by atoms with Crippen LogP contribution >= 0.6 is 35.7 Å². The van der Waals surface area contributed by atoms with E-state index in [2.05, 4.69) is 27.9 Å². The zero-order valence-corrected chi connectivity index (χ0v) is 17.1. The van der Waals surface area contributed by atoms with Gasteiger partial charge in [0, 0.05) is 30.4 Å². The van der Waals surface area contributed by atoms with Gasteiger partial charge in [-0.25, -0.2) is 0 Å². The van der Waals surface area contributed by atoms with Gasteiger partial charge in [0.05, 0.1) is 0 Å². The second-order valence-electron chi connectivity index (χ2n) is 5.73. The van der Waals surface area contributed by atoms with Gasteiger partial charge in [-0.05, 0) is 45.4 Å². The fourth-order valence-electron chi connectivity index (χ4n) is 2.92. The molecule has 1 aromatic heterocycles. The van der Waals surface area contributed by atoms with Crippen LogP contribution in [0.5, 0.6) is 0 Å². The van der Waals surface area contributed by atoms with Crippen molar-refractivity contribution in [2.45, 2.75) is 57.4 Å². The van der Waals surface area contributed by atoms with Crippen molar-refractivity contribution in [2.24, 2.45) is 4.99 Å². The molecule has 0 radical (unpaired) electrons. The maximum absolute atomic E-state index is 5.56. The number of nitrogens with one attached hydrogen (secondary N) is 2. The van der Waals surface area contributed by atoms with Gasteiger partial charge in [0.25, 0.3) is 0 Å². The summed E-state index contributed by atoms with van der Waals surface area (Å²) >= 11 is 1.99. The van der Waals surface area contributed by atoms with E-state index in [1.54, 1.807) is 0 Å². The Bertz CT molecular complexity index is 490. The standard InChI is InChI=1S/C16H27N3OS.HI/c1-11-8-13(12(2)20-11)10-18-16(17-3)19-14-6-5-7-15(9-14)21-4;/h8,14-15H,5-7,9-10H2,1-4H3,(H2,17,18,19);1H. The van der Waals surface area contributed by atoms with E-state index in [0.717, 1.165) is 29.3 Å². The lowest BCUT2D eigenvalue weighted by atomic mass is 9.95. The quantitative estimate of drug-likeness (QED) is 0.427. The van der Waals surface area contributed by atoms with E-state index in [-0.39, 0.29) is 24.0 Å². The van der Waals surface area contributed by atoms with Gasteiger partial charge in [-0.15, -0.1) is 24.0 Å². The number of hydrogen-bond donors (Lipinski definition) is 2. The molecule has 1 aliphatic carbocycles. The van der Waals surface area contributed by atoms with Gasteiger partial charge >= 0.3 is 0 Å². The molecule has 2 atom stereocenters. The van der Waals surface area contributed by atoms with Crippen LogP contribution in [0.1, 0.15) is 42.8 Å². The third-order valence-corrected chi connectivity index (χ3v) is 5.21. The van der Waals surface area contributed by atoms with Crippen LogP contribution in [-0.2, 0) is 6.54 Å². The van der Waals surface area contributed by atoms with E-state index in [9.17, 15) is 0 Å². The molecular weight excluding hydrogens is 409 g/mol. The molecule has 0 spiro atoms. The van der Waals surface area contributed by atoms with Crippen LogP contribution < -0.4 is 10.6 Å². The van der Waals surface area contributed by atoms with Gasteiger partial charge < -0.3 is 15.1 Å². The maximum Gasteiger partial charge on any atom is 0.191 e. The van der Waals surface area contributed by atoms with Crippen LogP contribution in [-0.4, -0.2) is 30.6 Å². The zero-order valence-electron chi connectivity index (χ0n) is 13.9. The van der Waals surface area contributed by atoms with Gasteiger partial charge in [-0.3, -0.25) is 4.99 Å². The first-order valence-electron chi connectivity index (χ1n) is 7.68. The van der Waals surface area contributed by atoms with Crippen molar-refractivity contribution < 1.29 is 4.42 Å². The highest BCUT2D eigenvalue weighted by Crippen LogP contribution is 2.26. The van der Waals surface area contributed by atoms with Crippen LogP contribution in [0.2, 0.25) is 0 Å². The van der Waals surface area contributed by atoms with Gasteiger partial charge in [0.2, 0.25) is 0 Å². The molecule has 1 heterocycles. The van der Waals surface area contributed by atoms with E-state index in [0.29, 0.717) is 6.04 Å². The highest BCUT2D eigenvalue weighted by Gasteiger charge is 2.21. The molecular formula is C16H28IN3OS. The summed E-state index contributed by atoms with van der Waals surface area (Å²) < 4.78 is 5.56. The SMILES string of the molecule is CN=C(NCc1cc(C)oc1C)NC1CCCC(SC)C1.I. The molecule has 1 fully saturated rings. The summed E-state index contributed by atoms with van der Waals surface area (Å²) in [5, 5.41) is 7.74. The third kappa shape index (κ3) is 5.68. The lowest BCUT2D eigenvalue weighted by Gasteiger charge is -2.29. The van der Waals surface area contributed by atoms with Crippen LogP contribution in [0.25, 0.3) is 0 Å². The average Bonchev–Trinajstić information content (AvgIpc) is 2.81. The molecule has 6 heteroatoms. The van der Waals surface area contributed by atoms with E-state index < -0.39 is 0 Å². The molecule has 2 N–H and O–H groups in total. The number of nitrogens with zero attached hydrogens (tertiary/aromatic N) is 1. The van der Waals surface area contributed by atoms with Gasteiger partial charge in [0.1, 0.15) is 11.5 Å². The third-order valence-electron chi connectivity index (χ3n) is 4.11. The molecule has 0 aromatic carbocycles. The predicted molar refractivity (Wildman–Crippen MR) is 106 cm³/mol. The smallest absolute Gasteiger partial charge is 0.191 e. The highest BCUT2D eigenvalue weighted by molar-refractivity contribution is 14.0. The van der Waals surface area contributed by atoms with Gasteiger partial charge in [0.15, 0.2) is 5.96 Å². The fourth-order valence-corrected chi connectivity index (χ4v) is 3.74. The first-order valence-corrected chi connectivity index (χ1v) is 8.97. The summed E-state index contributed by atoms with van der Waals surface area (Å²) in [4.78, 5) is 4.34. The lowest BCUT2D eigenvalue weighted by Crippen LogP contribution is -2.45. The molecule has 126 valence electrons. The number of hydrogen-bond acceptors (Lipinski definition) is 3. The van der Waals surface area contributed by atoms with Crippen molar-refractivity contribution in [3.05, 3.63) is 23.2 Å². The summed E-state index contributed by atoms with van der Waals surface area (Å²) in [6.07, 6.45) is 7.33. The molecule has 0 amide bonds. The number of furan rings is 1. The number of aryl methyl sites for hydroxylation is 2. The number of rotatable bonds is 4. The van der Waals surface area contributed by atoms with Crippen molar-refractivity contribution in [3.63, 3.8) is 0 Å². The maximum atomic E-state index is 5.56. The molecule has 4 nitrogen and oxygen atoms in total. The van der Waals surface area contributed by atoms with Crippen molar-refractivity contribution >= 4 is 41.7 Å². The molecule has 2 unspecified atom stereocenters. The summed E-state index contributed by atoms with van der Waals surface area (Å²) in [7, 11) is 1.83. The minimum atomic E-state index is 0. The van der Waals surface area contributed by atoms with Gasteiger partial charge in [-0.2, -0.15) is 11.8 Å². The zero-order chi connectivity index (χ0) is 15.2. The molecule has 1 saturated carbocycles. The monoisotopic (exact) mass is 437 g/mol. The van der Waals surface area contributed by atoms with Crippen molar-refractivity contribution in [2.75, 3.05) is 13.3 Å². The van der Waals surface area contributed by atoms with Crippen molar-refractivity contribution in [1.82, 2.24) is 10.6 Å². The molecule has 2 rings (SSSR count). The molecule has 1 aliphatic rings. The highest BCUT2D eigenvalue weighted by atomic mass is 127. The van der Waals surface area contributed by atoms with Crippen molar-refractivity contribution in [3.8, 4) is 0 Å². The Balaban J connectivity index is 0.00000242. The molecule has 22 heavy (non-hydrogen) atoms. The summed E-state index contributed by atoms with van der Waals surface area (Å²) in [5.74, 6) is 2.83. The fraction of sp³-hybridized carbons (Fsp3) is 0.688. The molecule has 0 saturated heterocycles. The lowest BCUT2D eigenvalue weighted by molar-refractivity contribution is 0.419. The Morgan fingerprint density at radius 1 is 1.41 bits per heavy atom. The Hall–Kier alpha value is -0.370. The Labute approximate surface area is 155 Å². The van der Waals surface area contributed by atoms with Crippen LogP contribution in [0, 0.1) is 13.8 Å². The van der Waals surface area contributed by atoms with Gasteiger partial charge in [-0.1, -0.05) is 6.42 Å². The minimum absolute atomic E-state index is 0. The second kappa shape index (κ2) is 9.70. The average molecular weight is 437 g/mol. The van der Waals surface area contributed by atoms with Crippen LogP contribution in [0.3, 0.4) is 0 Å². The number of halogens is 1. The first-order chi connectivity index (χ1) is 10.1. The van der Waals surface area contributed by atoms with E-state index in [1.165, 1.54) is 31.2 Å². The Morgan fingerprint density at radius 2 is 2.18 bits per heavy atom. The molecule has 0 bridgehead atoms. The number of thioether (sulfide) groups is 1. The predicted octanol–water partition coefficient (Wildman–Crippen LogP) is 3.85. The van der Waals surface area contributed by atoms with E-state index >= 15 is 0 Å². The Kier molecular flexibility index (Phi) is 8.67. The minimum Gasteiger partial charge on any atom is -0.466 e. The normalized spacial score (nSPS) is 22.1. The summed E-state index contributed by atoms with van der Waals surface area (Å²) in [6, 6.07) is 2.62. The largest absolute Gasteiger partial charge is 0.466 e. The first kappa shape index (κ1) is 19.7. The number of aliphatic imine (C=N–C) groups is 1. The van der Waals surface area contributed by atoms with E-state index in [1.807, 2.05) is 32.7 Å². The van der Waals surface area contributed by atoms with Crippen molar-refractivity contribution in [1.29, 1.82) is 0 Å². The topological polar surface area (TPSA) is 49.6 Å². The second-order valence-corrected chi connectivity index (χ2v) is 6.87. The number of guanidine groups is 1. The van der Waals surface area contributed by atoms with Crippen LogP contribution in [0.15, 0.2) is 15.5 Å². The summed E-state index contributed by atoms with van der Waals surface area (Å²) in [6.45, 7) is 4.74. The Morgan fingerprint density at radius 3 is 2.77 bits per heavy atom. The van der Waals surface area contributed by atoms with Crippen LogP contribution in [0.4, 0.5) is 0 Å². The summed E-state index contributed by atoms with van der Waals surface area (Å²) in [5.41, 5.74) is 1.20.